The van der Waals surface area contributed by atoms with Crippen molar-refractivity contribution in [3.63, 3.8) is 0 Å². The summed E-state index contributed by atoms with van der Waals surface area (Å²) in [4.78, 5) is 19.1. The second-order valence-electron chi connectivity index (χ2n) is 5.17. The molecule has 1 aromatic heterocycles. The summed E-state index contributed by atoms with van der Waals surface area (Å²) in [5, 5.41) is 2.91. The highest BCUT2D eigenvalue weighted by molar-refractivity contribution is 6.07. The number of amides is 1. The van der Waals surface area contributed by atoms with Gasteiger partial charge >= 0.3 is 0 Å². The van der Waals surface area contributed by atoms with Gasteiger partial charge in [-0.1, -0.05) is 12.1 Å². The summed E-state index contributed by atoms with van der Waals surface area (Å²) in [6.07, 6.45) is 5.32. The van der Waals surface area contributed by atoms with Crippen LogP contribution in [0.5, 0.6) is 0 Å². The maximum absolute atomic E-state index is 12.5. The van der Waals surface area contributed by atoms with Gasteiger partial charge in [0.1, 0.15) is 5.82 Å². The Morgan fingerprint density at radius 3 is 2.67 bits per heavy atom. The Balaban J connectivity index is 1.82. The predicted octanol–water partition coefficient (Wildman–Crippen LogP) is 3.12. The monoisotopic (exact) mass is 280 g/mol. The van der Waals surface area contributed by atoms with Crippen molar-refractivity contribution in [2.24, 2.45) is 0 Å². The number of piperidine rings is 1. The lowest BCUT2D eigenvalue weighted by molar-refractivity contribution is 0.102. The molecule has 0 spiro atoms. The topological polar surface area (TPSA) is 45.2 Å². The molecular formula is C17H18N3O. The average Bonchev–Trinajstić information content (AvgIpc) is 2.56. The molecule has 1 amide bonds. The van der Waals surface area contributed by atoms with Gasteiger partial charge in [-0.05, 0) is 49.6 Å². The molecule has 21 heavy (non-hydrogen) atoms. The van der Waals surface area contributed by atoms with E-state index in [4.69, 9.17) is 0 Å². The molecular weight excluding hydrogens is 262 g/mol. The van der Waals surface area contributed by atoms with E-state index >= 15 is 0 Å². The van der Waals surface area contributed by atoms with E-state index in [9.17, 15) is 4.79 Å². The Hall–Kier alpha value is -2.36. The van der Waals surface area contributed by atoms with E-state index in [1.807, 2.05) is 18.2 Å². The number of nitrogens with one attached hydrogen (secondary N) is 1. The largest absolute Gasteiger partial charge is 0.356 e. The number of pyridine rings is 1. The average molecular weight is 280 g/mol. The van der Waals surface area contributed by atoms with Gasteiger partial charge in [0.05, 0.1) is 5.56 Å². The summed E-state index contributed by atoms with van der Waals surface area (Å²) >= 11 is 0. The Kier molecular flexibility index (Phi) is 4.15. The van der Waals surface area contributed by atoms with Gasteiger partial charge in [-0.2, -0.15) is 0 Å². The van der Waals surface area contributed by atoms with E-state index in [1.54, 1.807) is 24.4 Å². The van der Waals surface area contributed by atoms with Crippen molar-refractivity contribution in [2.75, 3.05) is 23.3 Å². The quantitative estimate of drug-likeness (QED) is 0.939. The lowest BCUT2D eigenvalue weighted by Gasteiger charge is -2.29. The van der Waals surface area contributed by atoms with Crippen molar-refractivity contribution >= 4 is 17.4 Å². The number of benzene rings is 1. The summed E-state index contributed by atoms with van der Waals surface area (Å²) in [6.45, 7) is 1.94. The molecule has 1 radical (unpaired) electrons. The smallest absolute Gasteiger partial charge is 0.259 e. The first-order valence-electron chi connectivity index (χ1n) is 7.32. The number of carbonyl (C=O) groups excluding carboxylic acids is 1. The summed E-state index contributed by atoms with van der Waals surface area (Å²) in [5.74, 6) is 0.673. The first-order chi connectivity index (χ1) is 10.3. The van der Waals surface area contributed by atoms with E-state index in [0.29, 0.717) is 5.56 Å². The van der Waals surface area contributed by atoms with Crippen LogP contribution in [0.3, 0.4) is 0 Å². The first kappa shape index (κ1) is 13.6. The molecule has 2 aromatic rings. The van der Waals surface area contributed by atoms with E-state index < -0.39 is 0 Å². The molecule has 107 valence electrons. The summed E-state index contributed by atoms with van der Waals surface area (Å²) in [7, 11) is 0. The molecule has 0 atom stereocenters. The first-order valence-corrected chi connectivity index (χ1v) is 7.32. The van der Waals surface area contributed by atoms with E-state index in [0.717, 1.165) is 37.4 Å². The Bertz CT molecular complexity index is 606. The molecule has 1 aliphatic rings. The lowest BCUT2D eigenvalue weighted by atomic mass is 10.1. The summed E-state index contributed by atoms with van der Waals surface area (Å²) in [6, 6.07) is 13.8. The molecule has 2 heterocycles. The standard InChI is InChI=1S/C17H18N3O/c21-17(19-14-8-3-1-4-9-14)15-10-7-11-18-16(15)20-12-5-2-6-13-20/h3-4,7-11H,2,5-6,12-13H2,(H,19,21). The molecule has 1 N–H and O–H groups in total. The number of hydrogen-bond donors (Lipinski definition) is 1. The molecule has 0 saturated carbocycles. The highest BCUT2D eigenvalue weighted by Gasteiger charge is 2.19. The van der Waals surface area contributed by atoms with E-state index in [2.05, 4.69) is 21.3 Å². The lowest BCUT2D eigenvalue weighted by Crippen LogP contribution is -2.32. The minimum atomic E-state index is -0.116. The van der Waals surface area contributed by atoms with Crippen LogP contribution in [0.15, 0.2) is 42.6 Å². The van der Waals surface area contributed by atoms with Gasteiger partial charge < -0.3 is 10.2 Å². The van der Waals surface area contributed by atoms with Gasteiger partial charge in [0, 0.05) is 25.0 Å². The van der Waals surface area contributed by atoms with Crippen molar-refractivity contribution in [2.45, 2.75) is 19.3 Å². The number of aromatic nitrogens is 1. The van der Waals surface area contributed by atoms with Crippen LogP contribution in [0, 0.1) is 6.07 Å². The van der Waals surface area contributed by atoms with Crippen molar-refractivity contribution in [3.05, 3.63) is 54.2 Å². The zero-order valence-corrected chi connectivity index (χ0v) is 11.9. The van der Waals surface area contributed by atoms with Crippen LogP contribution in [0.2, 0.25) is 0 Å². The van der Waals surface area contributed by atoms with Gasteiger partial charge in [0.2, 0.25) is 0 Å². The van der Waals surface area contributed by atoms with Gasteiger partial charge in [0.25, 0.3) is 5.91 Å². The predicted molar refractivity (Wildman–Crippen MR) is 83.5 cm³/mol. The van der Waals surface area contributed by atoms with Crippen LogP contribution in [0.1, 0.15) is 29.6 Å². The third-order valence-electron chi connectivity index (χ3n) is 3.66. The molecule has 1 aliphatic heterocycles. The molecule has 4 heteroatoms. The maximum Gasteiger partial charge on any atom is 0.259 e. The number of nitrogens with zero attached hydrogens (tertiary/aromatic N) is 2. The van der Waals surface area contributed by atoms with Crippen LogP contribution in [-0.4, -0.2) is 24.0 Å². The van der Waals surface area contributed by atoms with Crippen molar-refractivity contribution < 1.29 is 4.79 Å². The minimum Gasteiger partial charge on any atom is -0.356 e. The van der Waals surface area contributed by atoms with Crippen molar-refractivity contribution in [1.82, 2.24) is 4.98 Å². The highest BCUT2D eigenvalue weighted by Crippen LogP contribution is 2.22. The van der Waals surface area contributed by atoms with Gasteiger partial charge in [-0.15, -0.1) is 0 Å². The molecule has 1 fully saturated rings. The Morgan fingerprint density at radius 1 is 1.14 bits per heavy atom. The van der Waals surface area contributed by atoms with Crippen LogP contribution in [0.25, 0.3) is 0 Å². The van der Waals surface area contributed by atoms with Gasteiger partial charge in [0.15, 0.2) is 0 Å². The second-order valence-corrected chi connectivity index (χ2v) is 5.17. The number of anilines is 2. The zero-order chi connectivity index (χ0) is 14.5. The van der Waals surface area contributed by atoms with Gasteiger partial charge in [-0.25, -0.2) is 4.98 Å². The van der Waals surface area contributed by atoms with E-state index in [1.165, 1.54) is 6.42 Å². The second kappa shape index (κ2) is 6.39. The third kappa shape index (κ3) is 3.21. The summed E-state index contributed by atoms with van der Waals surface area (Å²) < 4.78 is 0. The normalized spacial score (nSPS) is 14.8. The Labute approximate surface area is 124 Å². The van der Waals surface area contributed by atoms with Gasteiger partial charge in [-0.3, -0.25) is 4.79 Å². The highest BCUT2D eigenvalue weighted by atomic mass is 16.1. The molecule has 0 unspecified atom stereocenters. The Morgan fingerprint density at radius 2 is 1.90 bits per heavy atom. The minimum absolute atomic E-state index is 0.116. The fourth-order valence-electron chi connectivity index (χ4n) is 2.60. The SMILES string of the molecule is O=C(Nc1cc[c]cc1)c1cccnc1N1CCCCC1. The fourth-order valence-corrected chi connectivity index (χ4v) is 2.60. The molecule has 4 nitrogen and oxygen atoms in total. The molecule has 3 rings (SSSR count). The molecule has 1 saturated heterocycles. The maximum atomic E-state index is 12.5. The zero-order valence-electron chi connectivity index (χ0n) is 11.9. The van der Waals surface area contributed by atoms with E-state index in [-0.39, 0.29) is 5.91 Å². The van der Waals surface area contributed by atoms with Crippen molar-refractivity contribution in [3.8, 4) is 0 Å². The summed E-state index contributed by atoms with van der Waals surface area (Å²) in [5.41, 5.74) is 1.40. The number of carbonyl (C=O) groups is 1. The molecule has 0 aliphatic carbocycles. The number of hydrogen-bond acceptors (Lipinski definition) is 3. The third-order valence-corrected chi connectivity index (χ3v) is 3.66. The molecule has 1 aromatic carbocycles. The van der Waals surface area contributed by atoms with Crippen LogP contribution in [0.4, 0.5) is 11.5 Å². The molecule has 0 bridgehead atoms. The number of rotatable bonds is 3. The fraction of sp³-hybridized carbons (Fsp3) is 0.294. The van der Waals surface area contributed by atoms with Crippen LogP contribution in [-0.2, 0) is 0 Å². The van der Waals surface area contributed by atoms with Crippen LogP contribution >= 0.6 is 0 Å². The van der Waals surface area contributed by atoms with Crippen molar-refractivity contribution in [1.29, 1.82) is 0 Å². The van der Waals surface area contributed by atoms with Crippen LogP contribution < -0.4 is 10.2 Å².